The minimum atomic E-state index is 0.299. The molecular formula is C15H27N5. The number of nitrogen functional groups attached to an aromatic ring is 1. The van der Waals surface area contributed by atoms with Crippen molar-refractivity contribution in [2.75, 3.05) is 37.3 Å². The molecule has 1 aromatic heterocycles. The van der Waals surface area contributed by atoms with E-state index in [4.69, 9.17) is 5.73 Å². The first-order valence-electron chi connectivity index (χ1n) is 7.61. The van der Waals surface area contributed by atoms with E-state index in [0.717, 1.165) is 18.2 Å². The van der Waals surface area contributed by atoms with Crippen LogP contribution in [-0.2, 0) is 0 Å². The van der Waals surface area contributed by atoms with Gasteiger partial charge in [0.15, 0.2) is 0 Å². The molecule has 0 unspecified atom stereocenters. The monoisotopic (exact) mass is 277 g/mol. The number of rotatable bonds is 4. The van der Waals surface area contributed by atoms with Gasteiger partial charge in [0.1, 0.15) is 17.5 Å². The maximum absolute atomic E-state index is 5.92. The van der Waals surface area contributed by atoms with Crippen molar-refractivity contribution >= 4 is 11.6 Å². The fourth-order valence-electron chi connectivity index (χ4n) is 2.72. The minimum absolute atomic E-state index is 0.299. The highest BCUT2D eigenvalue weighted by atomic mass is 15.2. The van der Waals surface area contributed by atoms with E-state index in [1.54, 1.807) is 0 Å². The van der Waals surface area contributed by atoms with Crippen molar-refractivity contribution in [1.29, 1.82) is 0 Å². The van der Waals surface area contributed by atoms with E-state index < -0.39 is 0 Å². The summed E-state index contributed by atoms with van der Waals surface area (Å²) in [5.74, 6) is 2.65. The molecule has 0 saturated carbocycles. The van der Waals surface area contributed by atoms with Crippen molar-refractivity contribution in [2.45, 2.75) is 45.6 Å². The van der Waals surface area contributed by atoms with Gasteiger partial charge in [-0.2, -0.15) is 0 Å². The van der Waals surface area contributed by atoms with E-state index in [2.05, 4.69) is 47.6 Å². The third-order valence-corrected chi connectivity index (χ3v) is 4.18. The molecule has 2 N–H and O–H groups in total. The van der Waals surface area contributed by atoms with Crippen LogP contribution in [0.4, 0.5) is 11.6 Å². The van der Waals surface area contributed by atoms with E-state index in [9.17, 15) is 0 Å². The number of nitrogens with two attached hydrogens (primary N) is 1. The number of aromatic nitrogens is 2. The Balaban J connectivity index is 2.11. The zero-order valence-corrected chi connectivity index (χ0v) is 13.1. The molecule has 1 saturated heterocycles. The van der Waals surface area contributed by atoms with Crippen LogP contribution in [-0.4, -0.2) is 47.6 Å². The molecule has 0 radical (unpaired) electrons. The highest BCUT2D eigenvalue weighted by Gasteiger charge is 2.23. The second-order valence-corrected chi connectivity index (χ2v) is 5.94. The molecule has 0 aliphatic carbocycles. The maximum atomic E-state index is 5.92. The fourth-order valence-corrected chi connectivity index (χ4v) is 2.72. The standard InChI is InChI=1S/C15H27N5/c1-5-20-8-6-12(7-9-20)19(4)14-10-13(16)17-15(18-14)11(2)3/h10-12H,5-9H2,1-4H3,(H2,16,17,18). The van der Waals surface area contributed by atoms with Gasteiger partial charge < -0.3 is 15.5 Å². The molecule has 1 aromatic rings. The predicted molar refractivity (Wildman–Crippen MR) is 84.1 cm³/mol. The SMILES string of the molecule is CCN1CCC(N(C)c2cc(N)nc(C(C)C)n2)CC1. The van der Waals surface area contributed by atoms with Gasteiger partial charge in [0.25, 0.3) is 0 Å². The number of piperidine rings is 1. The molecule has 0 amide bonds. The van der Waals surface area contributed by atoms with Crippen LogP contribution in [0.1, 0.15) is 45.4 Å². The molecule has 0 spiro atoms. The van der Waals surface area contributed by atoms with Gasteiger partial charge in [0.05, 0.1) is 0 Å². The van der Waals surface area contributed by atoms with Crippen molar-refractivity contribution in [3.63, 3.8) is 0 Å². The number of anilines is 2. The maximum Gasteiger partial charge on any atom is 0.135 e. The van der Waals surface area contributed by atoms with Gasteiger partial charge in [0.2, 0.25) is 0 Å². The Morgan fingerprint density at radius 1 is 1.35 bits per heavy atom. The molecule has 0 atom stereocenters. The third-order valence-electron chi connectivity index (χ3n) is 4.18. The van der Waals surface area contributed by atoms with Crippen molar-refractivity contribution in [2.24, 2.45) is 0 Å². The summed E-state index contributed by atoms with van der Waals surface area (Å²) < 4.78 is 0. The molecule has 0 aromatic carbocycles. The van der Waals surface area contributed by atoms with E-state index in [-0.39, 0.29) is 0 Å². The van der Waals surface area contributed by atoms with Crippen LogP contribution in [0.5, 0.6) is 0 Å². The van der Waals surface area contributed by atoms with Crippen LogP contribution >= 0.6 is 0 Å². The molecular weight excluding hydrogens is 250 g/mol. The third kappa shape index (κ3) is 3.39. The van der Waals surface area contributed by atoms with Gasteiger partial charge in [-0.15, -0.1) is 0 Å². The largest absolute Gasteiger partial charge is 0.384 e. The van der Waals surface area contributed by atoms with Gasteiger partial charge in [-0.05, 0) is 19.4 Å². The second kappa shape index (κ2) is 6.39. The lowest BCUT2D eigenvalue weighted by Crippen LogP contribution is -2.43. The first kappa shape index (κ1) is 15.0. The summed E-state index contributed by atoms with van der Waals surface area (Å²) in [4.78, 5) is 13.8. The van der Waals surface area contributed by atoms with Crippen LogP contribution in [0.2, 0.25) is 0 Å². The fraction of sp³-hybridized carbons (Fsp3) is 0.733. The summed E-state index contributed by atoms with van der Waals surface area (Å²) in [5.41, 5.74) is 5.92. The molecule has 5 nitrogen and oxygen atoms in total. The van der Waals surface area contributed by atoms with Crippen LogP contribution in [0.15, 0.2) is 6.07 Å². The highest BCUT2D eigenvalue weighted by molar-refractivity contribution is 5.47. The van der Waals surface area contributed by atoms with Gasteiger partial charge in [0, 0.05) is 38.2 Å². The van der Waals surface area contributed by atoms with Crippen molar-refractivity contribution in [1.82, 2.24) is 14.9 Å². The minimum Gasteiger partial charge on any atom is -0.384 e. The molecule has 1 fully saturated rings. The van der Waals surface area contributed by atoms with Crippen molar-refractivity contribution in [3.8, 4) is 0 Å². The molecule has 20 heavy (non-hydrogen) atoms. The van der Waals surface area contributed by atoms with E-state index in [1.165, 1.54) is 25.9 Å². The molecule has 112 valence electrons. The van der Waals surface area contributed by atoms with Crippen molar-refractivity contribution in [3.05, 3.63) is 11.9 Å². The molecule has 1 aliphatic heterocycles. The van der Waals surface area contributed by atoms with Crippen LogP contribution < -0.4 is 10.6 Å². The zero-order valence-electron chi connectivity index (χ0n) is 13.1. The normalized spacial score (nSPS) is 17.6. The van der Waals surface area contributed by atoms with Crippen LogP contribution in [0.25, 0.3) is 0 Å². The predicted octanol–water partition coefficient (Wildman–Crippen LogP) is 2.10. The lowest BCUT2D eigenvalue weighted by atomic mass is 10.0. The molecule has 0 bridgehead atoms. The van der Waals surface area contributed by atoms with Gasteiger partial charge >= 0.3 is 0 Å². The number of likely N-dealkylation sites (tertiary alicyclic amines) is 1. The highest BCUT2D eigenvalue weighted by Crippen LogP contribution is 2.23. The van der Waals surface area contributed by atoms with Gasteiger partial charge in [-0.3, -0.25) is 0 Å². The summed E-state index contributed by atoms with van der Waals surface area (Å²) in [5, 5.41) is 0. The summed E-state index contributed by atoms with van der Waals surface area (Å²) in [6.45, 7) is 9.90. The Bertz CT molecular complexity index is 438. The molecule has 2 rings (SSSR count). The average Bonchev–Trinajstić information content (AvgIpc) is 2.46. The summed E-state index contributed by atoms with van der Waals surface area (Å²) >= 11 is 0. The Morgan fingerprint density at radius 2 is 2.00 bits per heavy atom. The number of hydrogen-bond acceptors (Lipinski definition) is 5. The first-order valence-corrected chi connectivity index (χ1v) is 7.61. The summed E-state index contributed by atoms with van der Waals surface area (Å²) in [6, 6.07) is 2.44. The van der Waals surface area contributed by atoms with E-state index >= 15 is 0 Å². The Hall–Kier alpha value is -1.36. The van der Waals surface area contributed by atoms with Crippen LogP contribution in [0.3, 0.4) is 0 Å². The zero-order chi connectivity index (χ0) is 14.7. The van der Waals surface area contributed by atoms with E-state index in [1.807, 2.05) is 6.07 Å². The average molecular weight is 277 g/mol. The number of hydrogen-bond donors (Lipinski definition) is 1. The van der Waals surface area contributed by atoms with E-state index in [0.29, 0.717) is 17.8 Å². The second-order valence-electron chi connectivity index (χ2n) is 5.94. The lowest BCUT2D eigenvalue weighted by molar-refractivity contribution is 0.220. The Labute approximate surface area is 122 Å². The quantitative estimate of drug-likeness (QED) is 0.913. The Morgan fingerprint density at radius 3 is 2.55 bits per heavy atom. The van der Waals surface area contributed by atoms with Gasteiger partial charge in [-0.25, -0.2) is 9.97 Å². The Kier molecular flexibility index (Phi) is 4.81. The lowest BCUT2D eigenvalue weighted by Gasteiger charge is -2.37. The topological polar surface area (TPSA) is 58.3 Å². The molecule has 2 heterocycles. The van der Waals surface area contributed by atoms with Gasteiger partial charge in [-0.1, -0.05) is 20.8 Å². The first-order chi connectivity index (χ1) is 9.51. The number of nitrogens with zero attached hydrogens (tertiary/aromatic N) is 4. The molecule has 5 heteroatoms. The smallest absolute Gasteiger partial charge is 0.135 e. The summed E-state index contributed by atoms with van der Waals surface area (Å²) in [7, 11) is 2.12. The summed E-state index contributed by atoms with van der Waals surface area (Å²) in [6.07, 6.45) is 2.37. The van der Waals surface area contributed by atoms with Crippen molar-refractivity contribution < 1.29 is 0 Å². The van der Waals surface area contributed by atoms with Crippen LogP contribution in [0, 0.1) is 0 Å². The molecule has 1 aliphatic rings.